The van der Waals surface area contributed by atoms with E-state index in [4.69, 9.17) is 9.16 Å². The van der Waals surface area contributed by atoms with E-state index in [-0.39, 0.29) is 10.9 Å². The maximum absolute atomic E-state index is 13.3. The molecule has 0 saturated carbocycles. The average Bonchev–Trinajstić information content (AvgIpc) is 2.60. The van der Waals surface area contributed by atoms with Crippen molar-refractivity contribution in [2.75, 3.05) is 19.8 Å². The lowest BCUT2D eigenvalue weighted by molar-refractivity contribution is -0.144. The zero-order valence-corrected chi connectivity index (χ0v) is 18.8. The first-order chi connectivity index (χ1) is 13.0. The van der Waals surface area contributed by atoms with E-state index in [0.717, 1.165) is 11.3 Å². The van der Waals surface area contributed by atoms with E-state index < -0.39 is 19.3 Å². The molecule has 1 spiro atoms. The number of amides is 1. The summed E-state index contributed by atoms with van der Waals surface area (Å²) < 4.78 is 11.8. The Bertz CT molecular complexity index is 821. The van der Waals surface area contributed by atoms with Gasteiger partial charge in [-0.25, -0.2) is 4.98 Å². The zero-order chi connectivity index (χ0) is 20.8. The standard InChI is InChI=1S/C21H31N3O3Si/c1-7-20(10-11-27-28(5,6)19(2,3)4)17-16(9-8-15(12-22)23-17)21(13-26-14-21)24-18(20)25/h8-9H,7,10-11,13-14H2,1-6H3,(H,24,25). The first-order valence-corrected chi connectivity index (χ1v) is 12.9. The van der Waals surface area contributed by atoms with Crippen molar-refractivity contribution in [3.63, 3.8) is 0 Å². The number of carbonyl (C=O) groups is 1. The molecule has 1 unspecified atom stereocenters. The second-order valence-corrected chi connectivity index (χ2v) is 14.3. The number of carbonyl (C=O) groups excluding carboxylic acids is 1. The minimum atomic E-state index is -1.92. The maximum atomic E-state index is 13.3. The lowest BCUT2D eigenvalue weighted by Crippen LogP contribution is -2.67. The Labute approximate surface area is 168 Å². The number of aromatic nitrogens is 1. The summed E-state index contributed by atoms with van der Waals surface area (Å²) >= 11 is 0. The third kappa shape index (κ3) is 3.17. The number of fused-ring (bicyclic) bond motifs is 2. The summed E-state index contributed by atoms with van der Waals surface area (Å²) in [5, 5.41) is 12.7. The Morgan fingerprint density at radius 1 is 1.36 bits per heavy atom. The van der Waals surface area contributed by atoms with E-state index in [1.54, 1.807) is 6.07 Å². The van der Waals surface area contributed by atoms with Crippen LogP contribution in [-0.4, -0.2) is 39.0 Å². The van der Waals surface area contributed by atoms with Crippen molar-refractivity contribution >= 4 is 14.2 Å². The number of hydrogen-bond donors (Lipinski definition) is 1. The summed E-state index contributed by atoms with van der Waals surface area (Å²) in [5.41, 5.74) is 0.746. The van der Waals surface area contributed by atoms with Crippen LogP contribution in [0.25, 0.3) is 0 Å². The van der Waals surface area contributed by atoms with Gasteiger partial charge < -0.3 is 14.5 Å². The summed E-state index contributed by atoms with van der Waals surface area (Å²) in [4.78, 5) is 18.0. The van der Waals surface area contributed by atoms with Crippen LogP contribution in [-0.2, 0) is 24.9 Å². The van der Waals surface area contributed by atoms with Gasteiger partial charge in [0.05, 0.1) is 24.3 Å². The van der Waals surface area contributed by atoms with E-state index in [9.17, 15) is 10.1 Å². The van der Waals surface area contributed by atoms with Crippen molar-refractivity contribution in [3.8, 4) is 6.07 Å². The van der Waals surface area contributed by atoms with Crippen LogP contribution in [0.15, 0.2) is 12.1 Å². The Morgan fingerprint density at radius 2 is 2.04 bits per heavy atom. The van der Waals surface area contributed by atoms with Gasteiger partial charge in [-0.2, -0.15) is 5.26 Å². The monoisotopic (exact) mass is 401 g/mol. The SMILES string of the molecule is CCC1(CCO[Si](C)(C)C(C)(C)C)C(=O)NC2(COC2)c2ccc(C#N)nc21. The number of nitrogens with one attached hydrogen (secondary N) is 1. The fourth-order valence-electron chi connectivity index (χ4n) is 3.75. The largest absolute Gasteiger partial charge is 0.417 e. The Balaban J connectivity index is 1.97. The molecule has 1 aromatic rings. The second kappa shape index (κ2) is 6.94. The zero-order valence-electron chi connectivity index (χ0n) is 17.8. The number of hydrogen-bond acceptors (Lipinski definition) is 5. The highest BCUT2D eigenvalue weighted by atomic mass is 28.4. The summed E-state index contributed by atoms with van der Waals surface area (Å²) in [6, 6.07) is 5.78. The predicted octanol–water partition coefficient (Wildman–Crippen LogP) is 3.37. The molecule has 152 valence electrons. The lowest BCUT2D eigenvalue weighted by Gasteiger charge is -2.51. The van der Waals surface area contributed by atoms with Crippen molar-refractivity contribution in [2.45, 2.75) is 69.6 Å². The van der Waals surface area contributed by atoms with Gasteiger partial charge >= 0.3 is 0 Å². The third-order valence-electron chi connectivity index (χ3n) is 6.86. The summed E-state index contributed by atoms with van der Waals surface area (Å²) in [6.45, 7) is 14.4. The molecule has 28 heavy (non-hydrogen) atoms. The molecular formula is C21H31N3O3Si. The normalized spacial score (nSPS) is 23.5. The molecule has 0 bridgehead atoms. The minimum absolute atomic E-state index is 0.0350. The maximum Gasteiger partial charge on any atom is 0.233 e. The first-order valence-electron chi connectivity index (χ1n) is 9.98. The Morgan fingerprint density at radius 3 is 2.54 bits per heavy atom. The molecular weight excluding hydrogens is 370 g/mol. The average molecular weight is 402 g/mol. The highest BCUT2D eigenvalue weighted by molar-refractivity contribution is 6.74. The number of ether oxygens (including phenoxy) is 1. The Hall–Kier alpha value is -1.75. The van der Waals surface area contributed by atoms with Crippen molar-refractivity contribution < 1.29 is 14.0 Å². The van der Waals surface area contributed by atoms with Gasteiger partial charge in [0.15, 0.2) is 8.32 Å². The van der Waals surface area contributed by atoms with Crippen molar-refractivity contribution in [1.82, 2.24) is 10.3 Å². The van der Waals surface area contributed by atoms with Gasteiger partial charge in [0.2, 0.25) is 5.91 Å². The Kier molecular flexibility index (Phi) is 5.20. The number of nitriles is 1. The summed E-state index contributed by atoms with van der Waals surface area (Å²) in [5.74, 6) is -0.0350. The molecule has 1 saturated heterocycles. The van der Waals surface area contributed by atoms with Gasteiger partial charge in [0.1, 0.15) is 17.3 Å². The molecule has 1 atom stereocenters. The fraction of sp³-hybridized carbons (Fsp3) is 0.667. The second-order valence-electron chi connectivity index (χ2n) is 9.53. The molecule has 6 nitrogen and oxygen atoms in total. The number of pyridine rings is 1. The first kappa shape index (κ1) is 21.0. The topological polar surface area (TPSA) is 84.2 Å². The molecule has 0 aromatic carbocycles. The van der Waals surface area contributed by atoms with Gasteiger partial charge in [0.25, 0.3) is 0 Å². The van der Waals surface area contributed by atoms with Crippen LogP contribution in [0.2, 0.25) is 18.1 Å². The van der Waals surface area contributed by atoms with Crippen LogP contribution in [0.5, 0.6) is 0 Å². The van der Waals surface area contributed by atoms with Crippen molar-refractivity contribution in [2.24, 2.45) is 0 Å². The number of rotatable bonds is 5. The quantitative estimate of drug-likeness (QED) is 0.765. The molecule has 1 aromatic heterocycles. The molecule has 3 rings (SSSR count). The van der Waals surface area contributed by atoms with Crippen LogP contribution in [0.1, 0.15) is 57.5 Å². The fourth-order valence-corrected chi connectivity index (χ4v) is 4.80. The van der Waals surface area contributed by atoms with E-state index in [2.05, 4.69) is 50.2 Å². The lowest BCUT2D eigenvalue weighted by atomic mass is 9.68. The molecule has 0 aliphatic carbocycles. The third-order valence-corrected chi connectivity index (χ3v) is 11.4. The van der Waals surface area contributed by atoms with Gasteiger partial charge in [-0.05, 0) is 37.0 Å². The van der Waals surface area contributed by atoms with Crippen LogP contribution >= 0.6 is 0 Å². The summed E-state index contributed by atoms with van der Waals surface area (Å²) in [6.07, 6.45) is 1.15. The molecule has 7 heteroatoms. The van der Waals surface area contributed by atoms with E-state index in [1.807, 2.05) is 13.0 Å². The van der Waals surface area contributed by atoms with Gasteiger partial charge in [0, 0.05) is 12.2 Å². The predicted molar refractivity (Wildman–Crippen MR) is 109 cm³/mol. The van der Waals surface area contributed by atoms with E-state index >= 15 is 0 Å². The molecule has 0 radical (unpaired) electrons. The molecule has 3 heterocycles. The molecule has 2 aliphatic heterocycles. The summed E-state index contributed by atoms with van der Waals surface area (Å²) in [7, 11) is -1.92. The smallest absolute Gasteiger partial charge is 0.233 e. The molecule has 1 amide bonds. The van der Waals surface area contributed by atoms with Crippen molar-refractivity contribution in [1.29, 1.82) is 5.26 Å². The molecule has 1 N–H and O–H groups in total. The molecule has 1 fully saturated rings. The highest BCUT2D eigenvalue weighted by Crippen LogP contribution is 2.45. The van der Waals surface area contributed by atoms with Crippen LogP contribution < -0.4 is 5.32 Å². The van der Waals surface area contributed by atoms with Gasteiger partial charge in [-0.3, -0.25) is 4.79 Å². The van der Waals surface area contributed by atoms with Crippen LogP contribution in [0.4, 0.5) is 0 Å². The van der Waals surface area contributed by atoms with E-state index in [0.29, 0.717) is 38.4 Å². The van der Waals surface area contributed by atoms with Crippen LogP contribution in [0, 0.1) is 11.3 Å². The molecule has 2 aliphatic rings. The van der Waals surface area contributed by atoms with Crippen LogP contribution in [0.3, 0.4) is 0 Å². The van der Waals surface area contributed by atoms with Gasteiger partial charge in [-0.15, -0.1) is 0 Å². The van der Waals surface area contributed by atoms with E-state index in [1.165, 1.54) is 0 Å². The number of nitrogens with zero attached hydrogens (tertiary/aromatic N) is 2. The minimum Gasteiger partial charge on any atom is -0.417 e. The van der Waals surface area contributed by atoms with Gasteiger partial charge in [-0.1, -0.05) is 33.8 Å². The highest BCUT2D eigenvalue weighted by Gasteiger charge is 2.55. The van der Waals surface area contributed by atoms with Crippen molar-refractivity contribution in [3.05, 3.63) is 29.1 Å².